The van der Waals surface area contributed by atoms with E-state index in [-0.39, 0.29) is 32.0 Å². The van der Waals surface area contributed by atoms with Crippen LogP contribution in [0.5, 0.6) is 0 Å². The lowest BCUT2D eigenvalue weighted by molar-refractivity contribution is -0.237. The molecule has 6 atom stereocenters. The Bertz CT molecular complexity index is 1330. The van der Waals surface area contributed by atoms with E-state index in [1.54, 1.807) is 51.1 Å². The van der Waals surface area contributed by atoms with Gasteiger partial charge in [-0.3, -0.25) is 24.0 Å². The largest absolute Gasteiger partial charge is 0.466 e. The maximum absolute atomic E-state index is 12.9. The average Bonchev–Trinajstić information content (AvgIpc) is 3.00. The van der Waals surface area contributed by atoms with Gasteiger partial charge in [-0.25, -0.2) is 9.59 Å². The first-order valence-corrected chi connectivity index (χ1v) is 16.8. The summed E-state index contributed by atoms with van der Waals surface area (Å²) in [7, 11) is 0. The molecular weight excluding hydrogens is 682 g/mol. The van der Waals surface area contributed by atoms with Crippen LogP contribution in [0.1, 0.15) is 66.9 Å². The van der Waals surface area contributed by atoms with E-state index in [0.29, 0.717) is 5.56 Å². The van der Waals surface area contributed by atoms with Crippen molar-refractivity contribution in [2.75, 3.05) is 19.0 Å². The number of thioether (sulfide) groups is 1. The third-order valence-electron chi connectivity index (χ3n) is 6.35. The summed E-state index contributed by atoms with van der Waals surface area (Å²) >= 11 is 1.12. The number of esters is 6. The summed E-state index contributed by atoms with van der Waals surface area (Å²) < 4.78 is 43.2. The molecule has 0 bridgehead atoms. The molecule has 0 radical (unpaired) electrons. The molecule has 1 aromatic rings. The normalized spacial score (nSPS) is 20.7. The molecular formula is C33H45NO15S. The SMILES string of the molecule is CC(=O)OC[C@H]1O[C@@H](SCCCOC(=O)C[C@H](NC(=O)OC(C)(C)C)C(=O)OCc2ccccc2)[C@H](OC(C)=O)[C@@H](OC(C)=O)[C@H]1OC(C)=O. The van der Waals surface area contributed by atoms with Crippen LogP contribution in [0, 0.1) is 0 Å². The molecule has 1 fully saturated rings. The molecule has 1 heterocycles. The maximum atomic E-state index is 12.9. The lowest BCUT2D eigenvalue weighted by Gasteiger charge is -2.44. The van der Waals surface area contributed by atoms with E-state index < -0.39 is 89.8 Å². The van der Waals surface area contributed by atoms with Crippen LogP contribution in [0.4, 0.5) is 4.79 Å². The van der Waals surface area contributed by atoms with Gasteiger partial charge in [-0.2, -0.15) is 0 Å². The highest BCUT2D eigenvalue weighted by Crippen LogP contribution is 2.34. The Labute approximate surface area is 294 Å². The molecule has 0 unspecified atom stereocenters. The predicted octanol–water partition coefficient (Wildman–Crippen LogP) is 2.76. The van der Waals surface area contributed by atoms with Crippen LogP contribution in [0.3, 0.4) is 0 Å². The lowest BCUT2D eigenvalue weighted by Crippen LogP contribution is -2.61. The van der Waals surface area contributed by atoms with Gasteiger partial charge in [0.15, 0.2) is 18.3 Å². The number of benzene rings is 1. The first-order valence-electron chi connectivity index (χ1n) is 15.7. The summed E-state index contributed by atoms with van der Waals surface area (Å²) in [5.74, 6) is -4.29. The van der Waals surface area contributed by atoms with Gasteiger partial charge < -0.3 is 43.2 Å². The number of hydrogen-bond donors (Lipinski definition) is 1. The molecule has 50 heavy (non-hydrogen) atoms. The number of alkyl carbamates (subject to hydrolysis) is 1. The minimum atomic E-state index is -1.40. The predicted molar refractivity (Wildman–Crippen MR) is 174 cm³/mol. The van der Waals surface area contributed by atoms with Crippen LogP contribution in [0.25, 0.3) is 0 Å². The highest BCUT2D eigenvalue weighted by molar-refractivity contribution is 7.99. The van der Waals surface area contributed by atoms with E-state index in [4.69, 9.17) is 37.9 Å². The van der Waals surface area contributed by atoms with E-state index >= 15 is 0 Å². The quantitative estimate of drug-likeness (QED) is 0.148. The Balaban J connectivity index is 2.06. The van der Waals surface area contributed by atoms with Crippen LogP contribution >= 0.6 is 11.8 Å². The zero-order valence-corrected chi connectivity index (χ0v) is 29.9. The second-order valence-electron chi connectivity index (χ2n) is 12.0. The third-order valence-corrected chi connectivity index (χ3v) is 7.58. The van der Waals surface area contributed by atoms with E-state index in [1.165, 1.54) is 6.92 Å². The van der Waals surface area contributed by atoms with Crippen LogP contribution in [-0.2, 0) is 73.3 Å². The topological polar surface area (TPSA) is 205 Å². The number of ether oxygens (including phenoxy) is 8. The highest BCUT2D eigenvalue weighted by atomic mass is 32.2. The zero-order valence-electron chi connectivity index (χ0n) is 29.1. The van der Waals surface area contributed by atoms with Gasteiger partial charge in [-0.1, -0.05) is 30.3 Å². The number of carbonyl (C=O) groups excluding carboxylic acids is 7. The Morgan fingerprint density at radius 1 is 0.800 bits per heavy atom. The van der Waals surface area contributed by atoms with E-state index in [0.717, 1.165) is 32.5 Å². The Kier molecular flexibility index (Phi) is 17.0. The van der Waals surface area contributed by atoms with Gasteiger partial charge in [0.1, 0.15) is 36.4 Å². The minimum Gasteiger partial charge on any atom is -0.466 e. The minimum absolute atomic E-state index is 0.0856. The van der Waals surface area contributed by atoms with Gasteiger partial charge in [0.2, 0.25) is 0 Å². The number of nitrogens with one attached hydrogen (secondary N) is 1. The first kappa shape index (κ1) is 41.8. The van der Waals surface area contributed by atoms with E-state index in [2.05, 4.69) is 5.32 Å². The molecule has 1 aliphatic heterocycles. The second kappa shape index (κ2) is 20.3. The van der Waals surface area contributed by atoms with Crippen molar-refractivity contribution in [2.24, 2.45) is 0 Å². The first-order chi connectivity index (χ1) is 23.4. The number of carbonyl (C=O) groups is 7. The molecule has 2 rings (SSSR count). The molecule has 1 aromatic carbocycles. The zero-order chi connectivity index (χ0) is 37.4. The van der Waals surface area contributed by atoms with Crippen molar-refractivity contribution in [1.82, 2.24) is 5.32 Å². The highest BCUT2D eigenvalue weighted by Gasteiger charge is 2.52. The summed E-state index contributed by atoms with van der Waals surface area (Å²) in [5.41, 5.74) is -1.15. The number of hydrogen-bond acceptors (Lipinski definition) is 16. The molecule has 0 aromatic heterocycles. The summed E-state index contributed by atoms with van der Waals surface area (Å²) in [6, 6.07) is 7.44. The fraction of sp³-hybridized carbons (Fsp3) is 0.606. The van der Waals surface area contributed by atoms with E-state index in [9.17, 15) is 33.6 Å². The number of rotatable bonds is 16. The summed E-state index contributed by atoms with van der Waals surface area (Å²) in [6.45, 7) is 8.92. The van der Waals surface area contributed by atoms with Gasteiger partial charge in [0.05, 0.1) is 13.0 Å². The van der Waals surface area contributed by atoms with Gasteiger partial charge in [0.25, 0.3) is 0 Å². The molecule has 1 N–H and O–H groups in total. The van der Waals surface area contributed by atoms with Gasteiger partial charge in [-0.05, 0) is 38.5 Å². The molecule has 0 aliphatic carbocycles. The molecule has 1 aliphatic rings. The molecule has 16 nitrogen and oxygen atoms in total. The van der Waals surface area contributed by atoms with Gasteiger partial charge >= 0.3 is 41.9 Å². The molecule has 278 valence electrons. The maximum Gasteiger partial charge on any atom is 0.408 e. The van der Waals surface area contributed by atoms with Crippen LogP contribution in [-0.4, -0.2) is 102 Å². The van der Waals surface area contributed by atoms with Crippen molar-refractivity contribution in [1.29, 1.82) is 0 Å². The van der Waals surface area contributed by atoms with Gasteiger partial charge in [0, 0.05) is 27.7 Å². The van der Waals surface area contributed by atoms with E-state index in [1.807, 2.05) is 0 Å². The summed E-state index contributed by atoms with van der Waals surface area (Å²) in [5, 5.41) is 2.36. The second-order valence-corrected chi connectivity index (χ2v) is 13.2. The van der Waals surface area contributed by atoms with Gasteiger partial charge in [-0.15, -0.1) is 11.8 Å². The van der Waals surface area contributed by atoms with Crippen molar-refractivity contribution in [3.8, 4) is 0 Å². The standard InChI is InChI=1S/C33H45NO15S/c1-19(35)43-18-25-27(45-20(2)36)28(46-21(3)37)29(47-22(4)38)31(48-25)50-15-11-14-42-26(39)16-24(34-32(41)49-33(5,6)7)30(40)44-17-23-12-9-8-10-13-23/h8-10,12-13,24-25,27-29,31H,11,14-18H2,1-7H3,(H,34,41)/t24-,25+,27-,28-,29+,31-/m0/s1. The van der Waals surface area contributed by atoms with Crippen molar-refractivity contribution < 1.29 is 71.5 Å². The van der Waals surface area contributed by atoms with Crippen LogP contribution in [0.2, 0.25) is 0 Å². The van der Waals surface area contributed by atoms with Crippen LogP contribution in [0.15, 0.2) is 30.3 Å². The smallest absolute Gasteiger partial charge is 0.408 e. The van der Waals surface area contributed by atoms with Crippen molar-refractivity contribution in [2.45, 2.75) is 109 Å². The van der Waals surface area contributed by atoms with Crippen molar-refractivity contribution >= 4 is 53.7 Å². The molecule has 0 spiro atoms. The molecule has 0 saturated carbocycles. The van der Waals surface area contributed by atoms with Crippen LogP contribution < -0.4 is 5.32 Å². The van der Waals surface area contributed by atoms with Crippen molar-refractivity contribution in [3.05, 3.63) is 35.9 Å². The fourth-order valence-electron chi connectivity index (χ4n) is 4.47. The van der Waals surface area contributed by atoms with Crippen molar-refractivity contribution in [3.63, 3.8) is 0 Å². The Morgan fingerprint density at radius 2 is 1.40 bits per heavy atom. The molecule has 17 heteroatoms. The lowest BCUT2D eigenvalue weighted by atomic mass is 9.99. The Morgan fingerprint density at radius 3 is 1.98 bits per heavy atom. The summed E-state index contributed by atoms with van der Waals surface area (Å²) in [4.78, 5) is 85.5. The third kappa shape index (κ3) is 15.9. The fourth-order valence-corrected chi connectivity index (χ4v) is 5.60. The Hall–Kier alpha value is -4.38. The monoisotopic (exact) mass is 727 g/mol. The molecule has 1 saturated heterocycles. The number of amides is 1. The summed E-state index contributed by atoms with van der Waals surface area (Å²) in [6.07, 6.45) is -6.13. The molecule has 1 amide bonds. The average molecular weight is 728 g/mol.